The van der Waals surface area contributed by atoms with Gasteiger partial charge in [0.25, 0.3) is 0 Å². The van der Waals surface area contributed by atoms with Gasteiger partial charge in [-0.1, -0.05) is 11.6 Å². The molecular weight excluding hydrogens is 308 g/mol. The van der Waals surface area contributed by atoms with Crippen LogP contribution in [0.25, 0.3) is 0 Å². The van der Waals surface area contributed by atoms with Gasteiger partial charge in [-0.25, -0.2) is 9.59 Å². The smallest absolute Gasteiger partial charge is 0.326 e. The molecule has 110 valence electrons. The fourth-order valence-electron chi connectivity index (χ4n) is 1.40. The minimum atomic E-state index is -1.48. The molecule has 0 aromatic carbocycles. The summed E-state index contributed by atoms with van der Waals surface area (Å²) in [7, 11) is 0. The van der Waals surface area contributed by atoms with Gasteiger partial charge < -0.3 is 20.8 Å². The first-order valence-electron chi connectivity index (χ1n) is 5.56. The predicted molar refractivity (Wildman–Crippen MR) is 73.1 cm³/mol. The van der Waals surface area contributed by atoms with Crippen molar-refractivity contribution < 1.29 is 24.6 Å². The van der Waals surface area contributed by atoms with E-state index < -0.39 is 30.4 Å². The van der Waals surface area contributed by atoms with E-state index in [1.54, 1.807) is 19.1 Å². The molecule has 20 heavy (non-hydrogen) atoms. The Labute approximate surface area is 123 Å². The zero-order valence-electron chi connectivity index (χ0n) is 10.4. The van der Waals surface area contributed by atoms with E-state index in [4.69, 9.17) is 21.8 Å². The van der Waals surface area contributed by atoms with Crippen molar-refractivity contribution in [2.24, 2.45) is 0 Å². The third kappa shape index (κ3) is 5.06. The quantitative estimate of drug-likeness (QED) is 0.636. The maximum Gasteiger partial charge on any atom is 0.326 e. The number of hydrogen-bond donors (Lipinski definition) is 4. The molecule has 2 unspecified atom stereocenters. The van der Waals surface area contributed by atoms with Crippen LogP contribution in [0.2, 0.25) is 4.34 Å². The van der Waals surface area contributed by atoms with Gasteiger partial charge in [-0.15, -0.1) is 11.3 Å². The van der Waals surface area contributed by atoms with Gasteiger partial charge in [-0.2, -0.15) is 0 Å². The van der Waals surface area contributed by atoms with Crippen molar-refractivity contribution >= 4 is 40.9 Å². The molecule has 0 saturated carbocycles. The van der Waals surface area contributed by atoms with Gasteiger partial charge in [0.05, 0.1) is 16.8 Å². The SMILES string of the molecule is CC(NC(=O)NC(CC(=O)O)C(=O)O)c1ccc(Cl)s1. The third-order valence-electron chi connectivity index (χ3n) is 2.35. The molecule has 1 aromatic heterocycles. The van der Waals surface area contributed by atoms with Crippen LogP contribution >= 0.6 is 22.9 Å². The Balaban J connectivity index is 2.57. The van der Waals surface area contributed by atoms with Crippen LogP contribution in [-0.4, -0.2) is 34.2 Å². The zero-order valence-corrected chi connectivity index (χ0v) is 12.0. The molecule has 0 aliphatic heterocycles. The highest BCUT2D eigenvalue weighted by Gasteiger charge is 2.23. The van der Waals surface area contributed by atoms with Crippen molar-refractivity contribution in [3.05, 3.63) is 21.3 Å². The lowest BCUT2D eigenvalue weighted by molar-refractivity contribution is -0.145. The molecule has 0 radical (unpaired) electrons. The average Bonchev–Trinajstić information content (AvgIpc) is 2.74. The van der Waals surface area contributed by atoms with E-state index in [-0.39, 0.29) is 6.04 Å². The Morgan fingerprint density at radius 3 is 2.40 bits per heavy atom. The lowest BCUT2D eigenvalue weighted by Gasteiger charge is -2.16. The molecule has 0 spiro atoms. The summed E-state index contributed by atoms with van der Waals surface area (Å²) in [4.78, 5) is 33.7. The molecule has 1 aromatic rings. The van der Waals surface area contributed by atoms with Crippen molar-refractivity contribution in [3.8, 4) is 0 Å². The second kappa shape index (κ2) is 7.11. The highest BCUT2D eigenvalue weighted by molar-refractivity contribution is 7.16. The van der Waals surface area contributed by atoms with Crippen LogP contribution in [0.4, 0.5) is 4.79 Å². The van der Waals surface area contributed by atoms with Crippen LogP contribution in [0.15, 0.2) is 12.1 Å². The van der Waals surface area contributed by atoms with E-state index >= 15 is 0 Å². The number of hydrogen-bond acceptors (Lipinski definition) is 4. The maximum absolute atomic E-state index is 11.6. The van der Waals surface area contributed by atoms with E-state index in [2.05, 4.69) is 10.6 Å². The number of rotatable bonds is 6. The Morgan fingerprint density at radius 1 is 1.30 bits per heavy atom. The normalized spacial score (nSPS) is 13.3. The maximum atomic E-state index is 11.6. The molecule has 1 heterocycles. The summed E-state index contributed by atoms with van der Waals surface area (Å²) in [5, 5.41) is 22.0. The van der Waals surface area contributed by atoms with Gasteiger partial charge in [0.2, 0.25) is 0 Å². The molecule has 0 saturated heterocycles. The first kappa shape index (κ1) is 16.3. The van der Waals surface area contributed by atoms with Crippen molar-refractivity contribution in [1.82, 2.24) is 10.6 Å². The molecule has 2 atom stereocenters. The average molecular weight is 321 g/mol. The summed E-state index contributed by atoms with van der Waals surface area (Å²) in [5.74, 6) is -2.72. The molecule has 4 N–H and O–H groups in total. The minimum Gasteiger partial charge on any atom is -0.481 e. The second-order valence-corrected chi connectivity index (χ2v) is 5.72. The largest absolute Gasteiger partial charge is 0.481 e. The molecule has 1 rings (SSSR count). The van der Waals surface area contributed by atoms with E-state index in [9.17, 15) is 14.4 Å². The molecule has 0 aliphatic rings. The molecule has 9 heteroatoms. The fraction of sp³-hybridized carbons (Fsp3) is 0.364. The summed E-state index contributed by atoms with van der Waals surface area (Å²) >= 11 is 7.06. The summed E-state index contributed by atoms with van der Waals surface area (Å²) in [6.07, 6.45) is -0.692. The van der Waals surface area contributed by atoms with Crippen molar-refractivity contribution in [2.45, 2.75) is 25.4 Å². The van der Waals surface area contributed by atoms with Crippen LogP contribution in [0.3, 0.4) is 0 Å². The number of carboxylic acids is 2. The highest BCUT2D eigenvalue weighted by Crippen LogP contribution is 2.26. The summed E-state index contributed by atoms with van der Waals surface area (Å²) in [6.45, 7) is 1.70. The number of aliphatic carboxylic acids is 2. The number of nitrogens with one attached hydrogen (secondary N) is 2. The van der Waals surface area contributed by atoms with E-state index in [0.717, 1.165) is 4.88 Å². The Bertz CT molecular complexity index is 519. The Hall–Kier alpha value is -1.80. The molecular formula is C11H13ClN2O5S. The zero-order chi connectivity index (χ0) is 15.3. The number of thiophene rings is 1. The van der Waals surface area contributed by atoms with Gasteiger partial charge in [0.1, 0.15) is 6.04 Å². The second-order valence-electron chi connectivity index (χ2n) is 3.97. The number of urea groups is 1. The summed E-state index contributed by atoms with van der Waals surface area (Å²) in [5.41, 5.74) is 0. The number of carboxylic acid groups (broad SMARTS) is 2. The topological polar surface area (TPSA) is 116 Å². The van der Waals surface area contributed by atoms with Crippen molar-refractivity contribution in [1.29, 1.82) is 0 Å². The summed E-state index contributed by atoms with van der Waals surface area (Å²) < 4.78 is 0.573. The van der Waals surface area contributed by atoms with Gasteiger partial charge in [-0.05, 0) is 19.1 Å². The Kier molecular flexibility index (Phi) is 5.78. The number of carbonyl (C=O) groups excluding carboxylic acids is 1. The molecule has 7 nitrogen and oxygen atoms in total. The van der Waals surface area contributed by atoms with Crippen LogP contribution in [-0.2, 0) is 9.59 Å². The number of amides is 2. The van der Waals surface area contributed by atoms with Gasteiger partial charge in [0, 0.05) is 4.88 Å². The van der Waals surface area contributed by atoms with Crippen LogP contribution in [0.1, 0.15) is 24.3 Å². The van der Waals surface area contributed by atoms with Crippen molar-refractivity contribution in [3.63, 3.8) is 0 Å². The predicted octanol–water partition coefficient (Wildman–Crippen LogP) is 1.69. The van der Waals surface area contributed by atoms with Gasteiger partial charge >= 0.3 is 18.0 Å². The lowest BCUT2D eigenvalue weighted by Crippen LogP contribution is -2.47. The number of carbonyl (C=O) groups is 3. The van der Waals surface area contributed by atoms with Crippen molar-refractivity contribution in [2.75, 3.05) is 0 Å². The first-order valence-corrected chi connectivity index (χ1v) is 6.76. The standard InChI is InChI=1S/C11H13ClN2O5S/c1-5(7-2-3-8(12)20-7)13-11(19)14-6(10(17)18)4-9(15)16/h2-3,5-6H,4H2,1H3,(H,15,16)(H,17,18)(H2,13,14,19). The van der Waals surface area contributed by atoms with E-state index in [1.807, 2.05) is 0 Å². The molecule has 0 fully saturated rings. The Morgan fingerprint density at radius 2 is 1.95 bits per heavy atom. The van der Waals surface area contributed by atoms with E-state index in [1.165, 1.54) is 11.3 Å². The van der Waals surface area contributed by atoms with E-state index in [0.29, 0.717) is 4.34 Å². The minimum absolute atomic E-state index is 0.369. The van der Waals surface area contributed by atoms with Gasteiger partial charge in [0.15, 0.2) is 0 Å². The fourth-order valence-corrected chi connectivity index (χ4v) is 2.47. The highest BCUT2D eigenvalue weighted by atomic mass is 35.5. The first-order chi connectivity index (χ1) is 9.29. The van der Waals surface area contributed by atoms with Gasteiger partial charge in [-0.3, -0.25) is 4.79 Å². The molecule has 0 bridgehead atoms. The molecule has 2 amide bonds. The summed E-state index contributed by atoms with van der Waals surface area (Å²) in [6, 6.07) is 0.820. The number of halogens is 1. The van der Waals surface area contributed by atoms with Crippen LogP contribution < -0.4 is 10.6 Å². The molecule has 0 aliphatic carbocycles. The third-order valence-corrected chi connectivity index (χ3v) is 3.76. The monoisotopic (exact) mass is 320 g/mol. The van der Waals surface area contributed by atoms with Crippen LogP contribution in [0, 0.1) is 0 Å². The van der Waals surface area contributed by atoms with Crippen LogP contribution in [0.5, 0.6) is 0 Å². The lowest BCUT2D eigenvalue weighted by atomic mass is 10.2.